The van der Waals surface area contributed by atoms with Crippen molar-refractivity contribution in [3.63, 3.8) is 0 Å². The van der Waals surface area contributed by atoms with Crippen LogP contribution in [0.25, 0.3) is 0 Å². The van der Waals surface area contributed by atoms with Gasteiger partial charge in [-0.3, -0.25) is 4.79 Å². The summed E-state index contributed by atoms with van der Waals surface area (Å²) in [5.41, 5.74) is 1.78. The Balaban J connectivity index is 1.88. The highest BCUT2D eigenvalue weighted by atomic mass is 32.1. The second-order valence-corrected chi connectivity index (χ2v) is 6.51. The third-order valence-electron chi connectivity index (χ3n) is 3.84. The van der Waals surface area contributed by atoms with E-state index < -0.39 is 5.97 Å². The Morgan fingerprint density at radius 1 is 1.32 bits per heavy atom. The molecule has 1 aliphatic rings. The van der Waals surface area contributed by atoms with Crippen LogP contribution in [0, 0.1) is 0 Å². The van der Waals surface area contributed by atoms with Gasteiger partial charge in [-0.1, -0.05) is 0 Å². The lowest BCUT2D eigenvalue weighted by Crippen LogP contribution is -2.16. The van der Waals surface area contributed by atoms with Crippen molar-refractivity contribution < 1.29 is 19.1 Å². The van der Waals surface area contributed by atoms with Gasteiger partial charge in [0.25, 0.3) is 5.91 Å². The minimum Gasteiger partial charge on any atom is -0.477 e. The van der Waals surface area contributed by atoms with Crippen LogP contribution in [0.2, 0.25) is 0 Å². The van der Waals surface area contributed by atoms with Gasteiger partial charge in [0, 0.05) is 6.20 Å². The molecule has 1 amide bonds. The second kappa shape index (κ2) is 7.65. The Morgan fingerprint density at radius 2 is 2.12 bits per heavy atom. The van der Waals surface area contributed by atoms with Crippen molar-refractivity contribution in [1.82, 2.24) is 4.98 Å². The largest absolute Gasteiger partial charge is 0.477 e. The molecule has 0 bridgehead atoms. The van der Waals surface area contributed by atoms with E-state index >= 15 is 0 Å². The molecule has 0 aromatic carbocycles. The van der Waals surface area contributed by atoms with E-state index in [-0.39, 0.29) is 11.8 Å². The SMILES string of the molecule is CCOC(=O)c1c(C2CC2)csc1NC(=O)c1cccnc1OCC. The number of esters is 1. The minimum atomic E-state index is -0.392. The number of carbonyl (C=O) groups excluding carboxylic acids is 2. The zero-order chi connectivity index (χ0) is 17.8. The average Bonchev–Trinajstić information content (AvgIpc) is 3.36. The van der Waals surface area contributed by atoms with Crippen LogP contribution in [0.5, 0.6) is 5.88 Å². The third kappa shape index (κ3) is 3.82. The zero-order valence-corrected chi connectivity index (χ0v) is 15.0. The molecule has 7 heteroatoms. The highest BCUT2D eigenvalue weighted by Gasteiger charge is 2.32. The van der Waals surface area contributed by atoms with Gasteiger partial charge in [-0.05, 0) is 55.7 Å². The fourth-order valence-corrected chi connectivity index (χ4v) is 3.58. The molecule has 6 nitrogen and oxygen atoms in total. The number of ether oxygens (including phenoxy) is 2. The number of hydrogen-bond donors (Lipinski definition) is 1. The Bertz CT molecular complexity index is 783. The summed E-state index contributed by atoms with van der Waals surface area (Å²) in [6.45, 7) is 4.30. The topological polar surface area (TPSA) is 77.5 Å². The summed E-state index contributed by atoms with van der Waals surface area (Å²) >= 11 is 1.35. The maximum Gasteiger partial charge on any atom is 0.341 e. The first-order valence-electron chi connectivity index (χ1n) is 8.33. The fraction of sp³-hybridized carbons (Fsp3) is 0.389. The molecule has 1 aliphatic carbocycles. The van der Waals surface area contributed by atoms with Crippen molar-refractivity contribution in [2.75, 3.05) is 18.5 Å². The van der Waals surface area contributed by atoms with Gasteiger partial charge in [-0.15, -0.1) is 11.3 Å². The van der Waals surface area contributed by atoms with Crippen LogP contribution in [0.4, 0.5) is 5.00 Å². The number of anilines is 1. The van der Waals surface area contributed by atoms with E-state index in [0.717, 1.165) is 18.4 Å². The third-order valence-corrected chi connectivity index (χ3v) is 4.75. The van der Waals surface area contributed by atoms with Crippen molar-refractivity contribution >= 4 is 28.2 Å². The van der Waals surface area contributed by atoms with Crippen LogP contribution in [0.1, 0.15) is 58.9 Å². The molecule has 0 atom stereocenters. The summed E-state index contributed by atoms with van der Waals surface area (Å²) in [5, 5.41) is 5.27. The van der Waals surface area contributed by atoms with Gasteiger partial charge >= 0.3 is 5.97 Å². The predicted molar refractivity (Wildman–Crippen MR) is 95.6 cm³/mol. The van der Waals surface area contributed by atoms with Crippen molar-refractivity contribution in [3.8, 4) is 5.88 Å². The second-order valence-electron chi connectivity index (χ2n) is 5.63. The summed E-state index contributed by atoms with van der Waals surface area (Å²) in [5.74, 6) is -0.0821. The lowest BCUT2D eigenvalue weighted by molar-refractivity contribution is 0.0527. The van der Waals surface area contributed by atoms with Crippen molar-refractivity contribution in [2.24, 2.45) is 0 Å². The molecule has 132 valence electrons. The molecule has 2 heterocycles. The molecule has 0 saturated heterocycles. The van der Waals surface area contributed by atoms with Gasteiger partial charge < -0.3 is 14.8 Å². The first-order valence-corrected chi connectivity index (χ1v) is 9.21. The number of pyridine rings is 1. The van der Waals surface area contributed by atoms with Crippen LogP contribution in [0.3, 0.4) is 0 Å². The Hall–Kier alpha value is -2.41. The molecule has 2 aromatic heterocycles. The molecule has 3 rings (SSSR count). The van der Waals surface area contributed by atoms with E-state index in [9.17, 15) is 9.59 Å². The first-order chi connectivity index (χ1) is 12.2. The van der Waals surface area contributed by atoms with E-state index in [1.165, 1.54) is 11.3 Å². The monoisotopic (exact) mass is 360 g/mol. The van der Waals surface area contributed by atoms with Crippen molar-refractivity contribution in [3.05, 3.63) is 40.4 Å². The summed E-state index contributed by atoms with van der Waals surface area (Å²) in [6, 6.07) is 3.32. The number of aromatic nitrogens is 1. The van der Waals surface area contributed by atoms with Crippen LogP contribution in [-0.4, -0.2) is 30.1 Å². The molecule has 2 aromatic rings. The summed E-state index contributed by atoms with van der Waals surface area (Å²) in [6.07, 6.45) is 3.70. The van der Waals surface area contributed by atoms with Crippen LogP contribution >= 0.6 is 11.3 Å². The quantitative estimate of drug-likeness (QED) is 0.759. The van der Waals surface area contributed by atoms with Crippen LogP contribution in [0.15, 0.2) is 23.7 Å². The zero-order valence-electron chi connectivity index (χ0n) is 14.2. The van der Waals surface area contributed by atoms with Gasteiger partial charge in [0.1, 0.15) is 10.6 Å². The summed E-state index contributed by atoms with van der Waals surface area (Å²) in [4.78, 5) is 29.1. The number of amides is 1. The number of thiophene rings is 1. The van der Waals surface area contributed by atoms with Crippen molar-refractivity contribution in [1.29, 1.82) is 0 Å². The van der Waals surface area contributed by atoms with Gasteiger partial charge in [0.05, 0.1) is 18.8 Å². The molecular formula is C18H20N2O4S. The molecule has 0 radical (unpaired) electrons. The minimum absolute atomic E-state index is 0.277. The highest BCUT2D eigenvalue weighted by molar-refractivity contribution is 7.15. The van der Waals surface area contributed by atoms with E-state index in [0.29, 0.717) is 35.3 Å². The maximum absolute atomic E-state index is 12.7. The molecule has 0 unspecified atom stereocenters. The van der Waals surface area contributed by atoms with E-state index in [1.807, 2.05) is 12.3 Å². The smallest absolute Gasteiger partial charge is 0.341 e. The van der Waals surface area contributed by atoms with E-state index in [4.69, 9.17) is 9.47 Å². The molecule has 0 aliphatic heterocycles. The highest BCUT2D eigenvalue weighted by Crippen LogP contribution is 2.46. The molecule has 0 spiro atoms. The number of nitrogens with one attached hydrogen (secondary N) is 1. The molecular weight excluding hydrogens is 340 g/mol. The first kappa shape index (κ1) is 17.4. The normalized spacial score (nSPS) is 13.4. The fourth-order valence-electron chi connectivity index (χ4n) is 2.56. The molecule has 1 saturated carbocycles. The number of hydrogen-bond acceptors (Lipinski definition) is 6. The van der Waals surface area contributed by atoms with Gasteiger partial charge in [0.2, 0.25) is 5.88 Å². The molecule has 25 heavy (non-hydrogen) atoms. The van der Waals surface area contributed by atoms with Gasteiger partial charge in [-0.2, -0.15) is 0 Å². The molecule has 1 N–H and O–H groups in total. The number of rotatable bonds is 7. The van der Waals surface area contributed by atoms with Crippen LogP contribution in [-0.2, 0) is 4.74 Å². The lowest BCUT2D eigenvalue weighted by Gasteiger charge is -2.10. The Labute approximate surface area is 150 Å². The number of nitrogens with zero attached hydrogens (tertiary/aromatic N) is 1. The maximum atomic E-state index is 12.7. The van der Waals surface area contributed by atoms with Gasteiger partial charge in [0.15, 0.2) is 0 Å². The molecule has 1 fully saturated rings. The van der Waals surface area contributed by atoms with Crippen LogP contribution < -0.4 is 10.1 Å². The Morgan fingerprint density at radius 3 is 2.80 bits per heavy atom. The Kier molecular flexibility index (Phi) is 5.33. The lowest BCUT2D eigenvalue weighted by atomic mass is 10.1. The summed E-state index contributed by atoms with van der Waals surface area (Å²) in [7, 11) is 0. The number of carbonyl (C=O) groups is 2. The van der Waals surface area contributed by atoms with Crippen molar-refractivity contribution in [2.45, 2.75) is 32.6 Å². The standard InChI is InChI=1S/C18H20N2O4S/c1-3-23-16-12(6-5-9-19-16)15(21)20-17-14(18(22)24-4-2)13(10-25-17)11-7-8-11/h5-6,9-11H,3-4,7-8H2,1-2H3,(H,20,21). The van der Waals surface area contributed by atoms with Gasteiger partial charge in [-0.25, -0.2) is 9.78 Å². The van der Waals surface area contributed by atoms with E-state index in [2.05, 4.69) is 10.3 Å². The van der Waals surface area contributed by atoms with E-state index in [1.54, 1.807) is 25.3 Å². The average molecular weight is 360 g/mol. The predicted octanol–water partition coefficient (Wildman–Crippen LogP) is 3.85. The summed E-state index contributed by atoms with van der Waals surface area (Å²) < 4.78 is 10.6.